The van der Waals surface area contributed by atoms with Crippen molar-refractivity contribution in [2.45, 2.75) is 45.8 Å². The normalized spacial score (nSPS) is 12.8. The van der Waals surface area contributed by atoms with Gasteiger partial charge in [0, 0.05) is 17.8 Å². The van der Waals surface area contributed by atoms with Crippen LogP contribution < -0.4 is 10.2 Å². The van der Waals surface area contributed by atoms with Crippen LogP contribution in [0.3, 0.4) is 0 Å². The summed E-state index contributed by atoms with van der Waals surface area (Å²) in [6.07, 6.45) is 0.238. The molecule has 1 atom stereocenters. The number of nitrogens with one attached hydrogen (secondary N) is 1. The van der Waals surface area contributed by atoms with E-state index in [2.05, 4.69) is 5.32 Å². The molecular formula is C16H26N2O2. The van der Waals surface area contributed by atoms with E-state index in [9.17, 15) is 9.90 Å². The van der Waals surface area contributed by atoms with E-state index in [0.29, 0.717) is 13.0 Å². The fraction of sp³-hybridized carbons (Fsp3) is 0.562. The summed E-state index contributed by atoms with van der Waals surface area (Å²) in [6, 6.07) is 9.71. The number of nitrogens with zero attached hydrogens (tertiary/aromatic N) is 1. The van der Waals surface area contributed by atoms with Crippen molar-refractivity contribution in [3.05, 3.63) is 30.3 Å². The molecular weight excluding hydrogens is 252 g/mol. The third kappa shape index (κ3) is 6.06. The molecule has 1 amide bonds. The highest BCUT2D eigenvalue weighted by Gasteiger charge is 2.18. The fourth-order valence-electron chi connectivity index (χ4n) is 1.91. The van der Waals surface area contributed by atoms with Crippen LogP contribution in [0.4, 0.5) is 5.69 Å². The number of carbonyl (C=O) groups is 1. The Hall–Kier alpha value is -1.55. The quantitative estimate of drug-likeness (QED) is 0.838. The lowest BCUT2D eigenvalue weighted by Crippen LogP contribution is -2.47. The van der Waals surface area contributed by atoms with Crippen molar-refractivity contribution in [2.75, 3.05) is 18.0 Å². The van der Waals surface area contributed by atoms with Crippen molar-refractivity contribution in [3.63, 3.8) is 0 Å². The molecule has 4 heteroatoms. The number of anilines is 1. The standard InChI is InChI=1S/C16H26N2O2/c1-5-14(19)11-18(13-9-7-6-8-10-13)12-15(20)17-16(2,3)4/h6-10,14,19H,5,11-12H2,1-4H3,(H,17,20). The number of hydrogen-bond acceptors (Lipinski definition) is 3. The van der Waals surface area contributed by atoms with E-state index < -0.39 is 6.10 Å². The van der Waals surface area contributed by atoms with E-state index in [-0.39, 0.29) is 18.0 Å². The molecule has 0 aromatic heterocycles. The number of para-hydroxylation sites is 1. The second kappa shape index (κ2) is 7.29. The van der Waals surface area contributed by atoms with Gasteiger partial charge in [-0.15, -0.1) is 0 Å². The highest BCUT2D eigenvalue weighted by atomic mass is 16.3. The van der Waals surface area contributed by atoms with Gasteiger partial charge < -0.3 is 15.3 Å². The highest BCUT2D eigenvalue weighted by Crippen LogP contribution is 2.14. The summed E-state index contributed by atoms with van der Waals surface area (Å²) in [4.78, 5) is 14.0. The van der Waals surface area contributed by atoms with Crippen molar-refractivity contribution in [1.82, 2.24) is 5.32 Å². The molecule has 0 radical (unpaired) electrons. The number of benzene rings is 1. The van der Waals surface area contributed by atoms with Gasteiger partial charge in [-0.05, 0) is 39.3 Å². The highest BCUT2D eigenvalue weighted by molar-refractivity contribution is 5.82. The zero-order valence-corrected chi connectivity index (χ0v) is 12.9. The minimum Gasteiger partial charge on any atom is -0.391 e. The van der Waals surface area contributed by atoms with E-state index >= 15 is 0 Å². The lowest BCUT2D eigenvalue weighted by molar-refractivity contribution is -0.121. The Morgan fingerprint density at radius 3 is 2.40 bits per heavy atom. The van der Waals surface area contributed by atoms with Gasteiger partial charge in [0.25, 0.3) is 0 Å². The molecule has 1 aromatic rings. The Balaban J connectivity index is 2.76. The molecule has 1 unspecified atom stereocenters. The Morgan fingerprint density at radius 1 is 1.30 bits per heavy atom. The van der Waals surface area contributed by atoms with Gasteiger partial charge in [-0.2, -0.15) is 0 Å². The predicted octanol–water partition coefficient (Wildman–Crippen LogP) is 2.18. The minimum absolute atomic E-state index is 0.0374. The number of rotatable bonds is 6. The SMILES string of the molecule is CCC(O)CN(CC(=O)NC(C)(C)C)c1ccccc1. The first-order chi connectivity index (χ1) is 9.31. The van der Waals surface area contributed by atoms with Gasteiger partial charge in [0.2, 0.25) is 5.91 Å². The maximum atomic E-state index is 12.1. The van der Waals surface area contributed by atoms with Crippen LogP contribution in [-0.4, -0.2) is 35.7 Å². The Labute approximate surface area is 121 Å². The molecule has 1 aromatic carbocycles. The summed E-state index contributed by atoms with van der Waals surface area (Å²) in [5, 5.41) is 12.8. The Kier molecular flexibility index (Phi) is 6.02. The van der Waals surface area contributed by atoms with Crippen LogP contribution in [-0.2, 0) is 4.79 Å². The van der Waals surface area contributed by atoms with Gasteiger partial charge in [0.05, 0.1) is 12.6 Å². The molecule has 0 saturated heterocycles. The maximum Gasteiger partial charge on any atom is 0.239 e. The fourth-order valence-corrected chi connectivity index (χ4v) is 1.91. The van der Waals surface area contributed by atoms with E-state index in [1.807, 2.05) is 62.9 Å². The van der Waals surface area contributed by atoms with Crippen LogP contribution in [0.1, 0.15) is 34.1 Å². The largest absolute Gasteiger partial charge is 0.391 e. The first-order valence-electron chi connectivity index (χ1n) is 7.11. The molecule has 0 spiro atoms. The molecule has 0 heterocycles. The molecule has 0 saturated carbocycles. The van der Waals surface area contributed by atoms with E-state index in [0.717, 1.165) is 5.69 Å². The molecule has 0 aliphatic rings. The summed E-state index contributed by atoms with van der Waals surface area (Å²) in [6.45, 7) is 8.51. The third-order valence-electron chi connectivity index (χ3n) is 2.87. The monoisotopic (exact) mass is 278 g/mol. The van der Waals surface area contributed by atoms with Crippen molar-refractivity contribution in [3.8, 4) is 0 Å². The Bertz CT molecular complexity index is 412. The van der Waals surface area contributed by atoms with Crippen LogP contribution in [0.5, 0.6) is 0 Å². The van der Waals surface area contributed by atoms with Crippen LogP contribution in [0.25, 0.3) is 0 Å². The Morgan fingerprint density at radius 2 is 1.90 bits per heavy atom. The van der Waals surface area contributed by atoms with E-state index in [1.54, 1.807) is 0 Å². The minimum atomic E-state index is -0.433. The zero-order valence-electron chi connectivity index (χ0n) is 12.9. The van der Waals surface area contributed by atoms with Crippen molar-refractivity contribution in [2.24, 2.45) is 0 Å². The second-order valence-corrected chi connectivity index (χ2v) is 6.08. The lowest BCUT2D eigenvalue weighted by atomic mass is 10.1. The molecule has 0 fully saturated rings. The summed E-state index contributed by atoms with van der Waals surface area (Å²) in [5.74, 6) is -0.0374. The average molecular weight is 278 g/mol. The van der Waals surface area contributed by atoms with E-state index in [1.165, 1.54) is 0 Å². The van der Waals surface area contributed by atoms with Gasteiger partial charge in [-0.1, -0.05) is 25.1 Å². The number of hydrogen-bond donors (Lipinski definition) is 2. The third-order valence-corrected chi connectivity index (χ3v) is 2.87. The van der Waals surface area contributed by atoms with Crippen LogP contribution in [0.15, 0.2) is 30.3 Å². The van der Waals surface area contributed by atoms with Gasteiger partial charge in [-0.3, -0.25) is 4.79 Å². The molecule has 0 aliphatic carbocycles. The predicted molar refractivity (Wildman–Crippen MR) is 82.8 cm³/mol. The number of carbonyl (C=O) groups excluding carboxylic acids is 1. The molecule has 4 nitrogen and oxygen atoms in total. The van der Waals surface area contributed by atoms with Crippen LogP contribution in [0.2, 0.25) is 0 Å². The van der Waals surface area contributed by atoms with Crippen LogP contribution >= 0.6 is 0 Å². The van der Waals surface area contributed by atoms with Crippen LogP contribution in [0, 0.1) is 0 Å². The van der Waals surface area contributed by atoms with Gasteiger partial charge in [0.15, 0.2) is 0 Å². The summed E-state index contributed by atoms with van der Waals surface area (Å²) in [5.41, 5.74) is 0.701. The summed E-state index contributed by atoms with van der Waals surface area (Å²) < 4.78 is 0. The number of amides is 1. The zero-order chi connectivity index (χ0) is 15.2. The first-order valence-corrected chi connectivity index (χ1v) is 7.11. The molecule has 1 rings (SSSR count). The first kappa shape index (κ1) is 16.5. The maximum absolute atomic E-state index is 12.1. The molecule has 0 aliphatic heterocycles. The topological polar surface area (TPSA) is 52.6 Å². The second-order valence-electron chi connectivity index (χ2n) is 6.08. The van der Waals surface area contributed by atoms with Gasteiger partial charge >= 0.3 is 0 Å². The van der Waals surface area contributed by atoms with Crippen molar-refractivity contribution < 1.29 is 9.90 Å². The molecule has 0 bridgehead atoms. The van der Waals surface area contributed by atoms with Gasteiger partial charge in [0.1, 0.15) is 0 Å². The lowest BCUT2D eigenvalue weighted by Gasteiger charge is -2.28. The molecule has 112 valence electrons. The van der Waals surface area contributed by atoms with Gasteiger partial charge in [-0.25, -0.2) is 0 Å². The average Bonchev–Trinajstić information content (AvgIpc) is 2.36. The smallest absolute Gasteiger partial charge is 0.239 e. The van der Waals surface area contributed by atoms with Crippen molar-refractivity contribution in [1.29, 1.82) is 0 Å². The summed E-state index contributed by atoms with van der Waals surface area (Å²) >= 11 is 0. The summed E-state index contributed by atoms with van der Waals surface area (Å²) in [7, 11) is 0. The number of aliphatic hydroxyl groups is 1. The van der Waals surface area contributed by atoms with Crippen molar-refractivity contribution >= 4 is 11.6 Å². The van der Waals surface area contributed by atoms with E-state index in [4.69, 9.17) is 0 Å². The number of aliphatic hydroxyl groups excluding tert-OH is 1. The molecule has 20 heavy (non-hydrogen) atoms. The molecule has 2 N–H and O–H groups in total.